The van der Waals surface area contributed by atoms with Crippen LogP contribution in [-0.4, -0.2) is 33.4 Å². The van der Waals surface area contributed by atoms with Gasteiger partial charge in [0.05, 0.1) is 13.2 Å². The molecule has 18 heavy (non-hydrogen) atoms. The van der Waals surface area contributed by atoms with Crippen LogP contribution in [0.15, 0.2) is 30.3 Å². The van der Waals surface area contributed by atoms with Crippen molar-refractivity contribution in [3.8, 4) is 5.75 Å². The molecule has 0 aromatic heterocycles. The van der Waals surface area contributed by atoms with E-state index in [0.29, 0.717) is 0 Å². The van der Waals surface area contributed by atoms with Crippen LogP contribution < -0.4 is 10.1 Å². The molecule has 0 unspecified atom stereocenters. The van der Waals surface area contributed by atoms with E-state index in [-0.39, 0.29) is 0 Å². The van der Waals surface area contributed by atoms with Crippen molar-refractivity contribution in [3.05, 3.63) is 35.9 Å². The molecule has 1 aromatic carbocycles. The highest BCUT2D eigenvalue weighted by molar-refractivity contribution is 5.50. The zero-order chi connectivity index (χ0) is 13.1. The SMILES string of the molecule is CCCOc1ccc(C=CCNCCOC)cc1. The fraction of sp³-hybridized carbons (Fsp3) is 0.467. The average Bonchev–Trinajstić information content (AvgIpc) is 2.42. The molecule has 0 amide bonds. The average molecular weight is 249 g/mol. The summed E-state index contributed by atoms with van der Waals surface area (Å²) in [5.41, 5.74) is 1.19. The summed E-state index contributed by atoms with van der Waals surface area (Å²) in [6, 6.07) is 8.15. The van der Waals surface area contributed by atoms with Crippen molar-refractivity contribution in [1.82, 2.24) is 5.32 Å². The minimum Gasteiger partial charge on any atom is -0.494 e. The van der Waals surface area contributed by atoms with Gasteiger partial charge in [0.15, 0.2) is 0 Å². The van der Waals surface area contributed by atoms with Crippen LogP contribution in [0.1, 0.15) is 18.9 Å². The van der Waals surface area contributed by atoms with E-state index >= 15 is 0 Å². The lowest BCUT2D eigenvalue weighted by Crippen LogP contribution is -2.18. The van der Waals surface area contributed by atoms with Gasteiger partial charge in [-0.1, -0.05) is 31.2 Å². The van der Waals surface area contributed by atoms with Gasteiger partial charge in [0.2, 0.25) is 0 Å². The second-order valence-corrected chi connectivity index (χ2v) is 4.02. The van der Waals surface area contributed by atoms with Gasteiger partial charge >= 0.3 is 0 Å². The maximum atomic E-state index is 5.53. The largest absolute Gasteiger partial charge is 0.494 e. The van der Waals surface area contributed by atoms with Crippen molar-refractivity contribution in [1.29, 1.82) is 0 Å². The Balaban J connectivity index is 2.27. The molecular formula is C15H23NO2. The van der Waals surface area contributed by atoms with E-state index in [1.54, 1.807) is 7.11 Å². The number of methoxy groups -OCH3 is 1. The van der Waals surface area contributed by atoms with Crippen molar-refractivity contribution in [2.75, 3.05) is 33.4 Å². The van der Waals surface area contributed by atoms with Crippen LogP contribution in [0.4, 0.5) is 0 Å². The Bertz CT molecular complexity index is 333. The maximum absolute atomic E-state index is 5.53. The highest BCUT2D eigenvalue weighted by Gasteiger charge is 1.92. The predicted octanol–water partition coefficient (Wildman–Crippen LogP) is 2.72. The van der Waals surface area contributed by atoms with E-state index in [2.05, 4.69) is 36.5 Å². The van der Waals surface area contributed by atoms with Gasteiger partial charge in [-0.05, 0) is 24.1 Å². The molecule has 1 N–H and O–H groups in total. The van der Waals surface area contributed by atoms with Crippen LogP contribution in [0.3, 0.4) is 0 Å². The van der Waals surface area contributed by atoms with E-state index in [1.165, 1.54) is 5.56 Å². The number of rotatable bonds is 9. The molecule has 0 atom stereocenters. The summed E-state index contributed by atoms with van der Waals surface area (Å²) >= 11 is 0. The Morgan fingerprint density at radius 2 is 1.94 bits per heavy atom. The molecule has 0 aliphatic rings. The smallest absolute Gasteiger partial charge is 0.119 e. The molecule has 0 aliphatic heterocycles. The third-order valence-electron chi connectivity index (χ3n) is 2.41. The first kappa shape index (κ1) is 14.7. The van der Waals surface area contributed by atoms with Gasteiger partial charge in [-0.2, -0.15) is 0 Å². The summed E-state index contributed by atoms with van der Waals surface area (Å²) < 4.78 is 10.5. The highest BCUT2D eigenvalue weighted by atomic mass is 16.5. The zero-order valence-corrected chi connectivity index (χ0v) is 11.3. The van der Waals surface area contributed by atoms with E-state index < -0.39 is 0 Å². The molecule has 0 heterocycles. The Hall–Kier alpha value is -1.32. The molecule has 1 aromatic rings. The summed E-state index contributed by atoms with van der Waals surface area (Å²) in [5.74, 6) is 0.937. The topological polar surface area (TPSA) is 30.5 Å². The van der Waals surface area contributed by atoms with Crippen LogP contribution in [0, 0.1) is 0 Å². The van der Waals surface area contributed by atoms with Gasteiger partial charge in [0.1, 0.15) is 5.75 Å². The molecule has 3 nitrogen and oxygen atoms in total. The van der Waals surface area contributed by atoms with Crippen LogP contribution in [0.2, 0.25) is 0 Å². The van der Waals surface area contributed by atoms with Gasteiger partial charge in [-0.15, -0.1) is 0 Å². The lowest BCUT2D eigenvalue weighted by molar-refractivity contribution is 0.200. The highest BCUT2D eigenvalue weighted by Crippen LogP contribution is 2.13. The number of hydrogen-bond donors (Lipinski definition) is 1. The summed E-state index contributed by atoms with van der Waals surface area (Å²) in [4.78, 5) is 0. The van der Waals surface area contributed by atoms with Gasteiger partial charge in [0.25, 0.3) is 0 Å². The zero-order valence-electron chi connectivity index (χ0n) is 11.3. The minimum absolute atomic E-state index is 0.747. The van der Waals surface area contributed by atoms with E-state index in [1.807, 2.05) is 12.1 Å². The van der Waals surface area contributed by atoms with Gasteiger partial charge in [-0.3, -0.25) is 0 Å². The second-order valence-electron chi connectivity index (χ2n) is 4.02. The van der Waals surface area contributed by atoms with E-state index in [0.717, 1.165) is 38.5 Å². The molecule has 0 saturated carbocycles. The molecule has 3 heteroatoms. The summed E-state index contributed by atoms with van der Waals surface area (Å²) in [6.07, 6.45) is 5.25. The van der Waals surface area contributed by atoms with Gasteiger partial charge in [0, 0.05) is 20.2 Å². The number of hydrogen-bond acceptors (Lipinski definition) is 3. The van der Waals surface area contributed by atoms with Crippen molar-refractivity contribution in [2.24, 2.45) is 0 Å². The molecule has 0 saturated heterocycles. The molecule has 0 spiro atoms. The predicted molar refractivity (Wildman–Crippen MR) is 76.0 cm³/mol. The Kier molecular flexibility index (Phi) is 7.93. The van der Waals surface area contributed by atoms with Gasteiger partial charge in [-0.25, -0.2) is 0 Å². The maximum Gasteiger partial charge on any atom is 0.119 e. The van der Waals surface area contributed by atoms with Crippen LogP contribution in [0.5, 0.6) is 5.75 Å². The summed E-state index contributed by atoms with van der Waals surface area (Å²) in [6.45, 7) is 5.37. The van der Waals surface area contributed by atoms with Crippen LogP contribution in [0.25, 0.3) is 6.08 Å². The molecule has 100 valence electrons. The van der Waals surface area contributed by atoms with Crippen molar-refractivity contribution in [3.63, 3.8) is 0 Å². The first-order chi connectivity index (χ1) is 8.86. The second kappa shape index (κ2) is 9.68. The third-order valence-corrected chi connectivity index (χ3v) is 2.41. The van der Waals surface area contributed by atoms with Crippen LogP contribution >= 0.6 is 0 Å². The van der Waals surface area contributed by atoms with Crippen molar-refractivity contribution in [2.45, 2.75) is 13.3 Å². The fourth-order valence-electron chi connectivity index (χ4n) is 1.45. The normalized spacial score (nSPS) is 11.0. The Morgan fingerprint density at radius 3 is 2.61 bits per heavy atom. The fourth-order valence-corrected chi connectivity index (χ4v) is 1.45. The lowest BCUT2D eigenvalue weighted by Gasteiger charge is -2.04. The Labute approximate surface area is 110 Å². The Morgan fingerprint density at radius 1 is 1.17 bits per heavy atom. The molecule has 0 radical (unpaired) electrons. The monoisotopic (exact) mass is 249 g/mol. The molecule has 0 fully saturated rings. The molecule has 0 bridgehead atoms. The minimum atomic E-state index is 0.747. The molecular weight excluding hydrogens is 226 g/mol. The first-order valence-corrected chi connectivity index (χ1v) is 6.46. The first-order valence-electron chi connectivity index (χ1n) is 6.46. The van der Waals surface area contributed by atoms with Gasteiger partial charge < -0.3 is 14.8 Å². The summed E-state index contributed by atoms with van der Waals surface area (Å²) in [7, 11) is 1.71. The van der Waals surface area contributed by atoms with Crippen molar-refractivity contribution < 1.29 is 9.47 Å². The number of benzene rings is 1. The van der Waals surface area contributed by atoms with E-state index in [9.17, 15) is 0 Å². The number of ether oxygens (including phenoxy) is 2. The number of nitrogens with one attached hydrogen (secondary N) is 1. The standard InChI is InChI=1S/C15H23NO2/c1-3-12-18-15-8-6-14(7-9-15)5-4-10-16-11-13-17-2/h4-9,16H,3,10-13H2,1-2H3. The van der Waals surface area contributed by atoms with Crippen LogP contribution in [-0.2, 0) is 4.74 Å². The molecule has 1 rings (SSSR count). The lowest BCUT2D eigenvalue weighted by atomic mass is 10.2. The van der Waals surface area contributed by atoms with E-state index in [4.69, 9.17) is 9.47 Å². The van der Waals surface area contributed by atoms with Crippen molar-refractivity contribution >= 4 is 6.08 Å². The third kappa shape index (κ3) is 6.42. The summed E-state index contributed by atoms with van der Waals surface area (Å²) in [5, 5.41) is 3.26. The molecule has 0 aliphatic carbocycles. The quantitative estimate of drug-likeness (QED) is 0.683.